The molecule has 0 saturated carbocycles. The highest BCUT2D eigenvalue weighted by Crippen LogP contribution is 2.08. The summed E-state index contributed by atoms with van der Waals surface area (Å²) in [4.78, 5) is 22.7. The largest absolute Gasteiger partial charge is 0.480 e. The molecule has 110 valence electrons. The van der Waals surface area contributed by atoms with Crippen LogP contribution >= 0.6 is 0 Å². The van der Waals surface area contributed by atoms with Crippen LogP contribution in [0.15, 0.2) is 24.3 Å². The molecule has 5 nitrogen and oxygen atoms in total. The van der Waals surface area contributed by atoms with Gasteiger partial charge >= 0.3 is 12.0 Å². The van der Waals surface area contributed by atoms with Crippen molar-refractivity contribution in [2.75, 3.05) is 0 Å². The molecule has 2 amide bonds. The van der Waals surface area contributed by atoms with Crippen LogP contribution in [0.25, 0.3) is 0 Å². The van der Waals surface area contributed by atoms with E-state index in [1.54, 1.807) is 25.1 Å². The zero-order valence-corrected chi connectivity index (χ0v) is 11.5. The Morgan fingerprint density at radius 1 is 1.35 bits per heavy atom. The third-order valence-electron chi connectivity index (χ3n) is 3.16. The van der Waals surface area contributed by atoms with Gasteiger partial charge in [0.2, 0.25) is 0 Å². The van der Waals surface area contributed by atoms with Crippen LogP contribution in [-0.4, -0.2) is 23.1 Å². The lowest BCUT2D eigenvalue weighted by Crippen LogP contribution is -2.48. The third-order valence-corrected chi connectivity index (χ3v) is 3.16. The number of halogens is 1. The molecular weight excluding hydrogens is 263 g/mol. The molecule has 0 saturated heterocycles. The normalized spacial score (nSPS) is 13.3. The maximum Gasteiger partial charge on any atom is 0.326 e. The Morgan fingerprint density at radius 2 is 2.00 bits per heavy atom. The van der Waals surface area contributed by atoms with Gasteiger partial charge in [0.25, 0.3) is 0 Å². The van der Waals surface area contributed by atoms with Gasteiger partial charge in [-0.05, 0) is 12.0 Å². The lowest BCUT2D eigenvalue weighted by atomic mass is 9.99. The molecule has 1 aromatic rings. The minimum atomic E-state index is -1.08. The lowest BCUT2D eigenvalue weighted by molar-refractivity contribution is -0.140. The van der Waals surface area contributed by atoms with Gasteiger partial charge in [0.15, 0.2) is 0 Å². The highest BCUT2D eigenvalue weighted by Gasteiger charge is 2.25. The van der Waals surface area contributed by atoms with Gasteiger partial charge in [-0.1, -0.05) is 38.5 Å². The van der Waals surface area contributed by atoms with Crippen LogP contribution in [0.1, 0.15) is 25.8 Å². The molecule has 0 radical (unpaired) electrons. The van der Waals surface area contributed by atoms with E-state index >= 15 is 0 Å². The van der Waals surface area contributed by atoms with E-state index in [-0.39, 0.29) is 12.5 Å². The highest BCUT2D eigenvalue weighted by atomic mass is 19.1. The molecule has 3 N–H and O–H groups in total. The van der Waals surface area contributed by atoms with Crippen LogP contribution in [0, 0.1) is 11.7 Å². The number of hydrogen-bond donors (Lipinski definition) is 3. The third kappa shape index (κ3) is 4.53. The van der Waals surface area contributed by atoms with E-state index in [4.69, 9.17) is 5.11 Å². The molecule has 0 fully saturated rings. The number of benzene rings is 1. The van der Waals surface area contributed by atoms with Crippen molar-refractivity contribution in [3.05, 3.63) is 35.6 Å². The van der Waals surface area contributed by atoms with Crippen molar-refractivity contribution >= 4 is 12.0 Å². The number of aliphatic carboxylic acids is 1. The van der Waals surface area contributed by atoms with E-state index in [0.29, 0.717) is 12.0 Å². The molecule has 0 aliphatic carbocycles. The average molecular weight is 282 g/mol. The summed E-state index contributed by atoms with van der Waals surface area (Å²) in [5.74, 6) is -1.68. The molecule has 0 heterocycles. The highest BCUT2D eigenvalue weighted by molar-refractivity contribution is 5.82. The van der Waals surface area contributed by atoms with Crippen molar-refractivity contribution in [3.63, 3.8) is 0 Å². The molecule has 6 heteroatoms. The fourth-order valence-electron chi connectivity index (χ4n) is 1.69. The van der Waals surface area contributed by atoms with Crippen molar-refractivity contribution in [3.8, 4) is 0 Å². The Bertz CT molecular complexity index is 479. The molecule has 0 aliphatic heterocycles. The Kier molecular flexibility index (Phi) is 5.96. The van der Waals surface area contributed by atoms with Gasteiger partial charge < -0.3 is 15.7 Å². The molecule has 0 bridgehead atoms. The first-order valence-electron chi connectivity index (χ1n) is 6.46. The predicted octanol–water partition coefficient (Wildman–Crippen LogP) is 2.12. The van der Waals surface area contributed by atoms with Crippen LogP contribution in [0.5, 0.6) is 0 Å². The molecule has 0 aliphatic rings. The van der Waals surface area contributed by atoms with Gasteiger partial charge in [0.1, 0.15) is 11.9 Å². The average Bonchev–Trinajstić information content (AvgIpc) is 2.42. The quantitative estimate of drug-likeness (QED) is 0.748. The summed E-state index contributed by atoms with van der Waals surface area (Å²) in [6.45, 7) is 3.60. The molecule has 1 aromatic carbocycles. The van der Waals surface area contributed by atoms with E-state index < -0.39 is 23.9 Å². The second kappa shape index (κ2) is 7.47. The maximum absolute atomic E-state index is 13.3. The van der Waals surface area contributed by atoms with Gasteiger partial charge in [0, 0.05) is 12.1 Å². The lowest BCUT2D eigenvalue weighted by Gasteiger charge is -2.20. The summed E-state index contributed by atoms with van der Waals surface area (Å²) in [6.07, 6.45) is 0.630. The SMILES string of the molecule is CCC(C)C(NC(=O)NCc1ccccc1F)C(=O)O. The minimum Gasteiger partial charge on any atom is -0.480 e. The number of carboxylic acids is 1. The van der Waals surface area contributed by atoms with Gasteiger partial charge in [-0.15, -0.1) is 0 Å². The molecule has 0 aromatic heterocycles. The maximum atomic E-state index is 13.3. The Morgan fingerprint density at radius 3 is 2.55 bits per heavy atom. The van der Waals surface area contributed by atoms with E-state index in [9.17, 15) is 14.0 Å². The minimum absolute atomic E-state index is 0.00531. The molecule has 2 unspecified atom stereocenters. The van der Waals surface area contributed by atoms with Crippen LogP contribution < -0.4 is 10.6 Å². The van der Waals surface area contributed by atoms with Gasteiger partial charge in [-0.3, -0.25) is 0 Å². The number of carbonyl (C=O) groups excluding carboxylic acids is 1. The van der Waals surface area contributed by atoms with E-state index in [1.165, 1.54) is 6.07 Å². The second-order valence-electron chi connectivity index (χ2n) is 4.62. The van der Waals surface area contributed by atoms with Crippen LogP contribution in [0.4, 0.5) is 9.18 Å². The van der Waals surface area contributed by atoms with Gasteiger partial charge in [-0.25, -0.2) is 14.0 Å². The summed E-state index contributed by atoms with van der Waals surface area (Å²) in [6, 6.07) is 4.49. The van der Waals surface area contributed by atoms with E-state index in [2.05, 4.69) is 10.6 Å². The Hall–Kier alpha value is -2.11. The first-order valence-corrected chi connectivity index (χ1v) is 6.46. The number of hydrogen-bond acceptors (Lipinski definition) is 2. The van der Waals surface area contributed by atoms with Crippen molar-refractivity contribution in [2.45, 2.75) is 32.9 Å². The first kappa shape index (κ1) is 15.9. The van der Waals surface area contributed by atoms with Crippen molar-refractivity contribution < 1.29 is 19.1 Å². The Labute approximate surface area is 117 Å². The zero-order valence-electron chi connectivity index (χ0n) is 11.5. The number of urea groups is 1. The smallest absolute Gasteiger partial charge is 0.326 e. The van der Waals surface area contributed by atoms with Gasteiger partial charge in [0.05, 0.1) is 0 Å². The number of rotatable bonds is 6. The first-order chi connectivity index (χ1) is 9.45. The number of amides is 2. The molecule has 1 rings (SSSR count). The summed E-state index contributed by atoms with van der Waals surface area (Å²) in [7, 11) is 0. The van der Waals surface area contributed by atoms with E-state index in [1.807, 2.05) is 6.92 Å². The number of carbonyl (C=O) groups is 2. The van der Waals surface area contributed by atoms with Crippen LogP contribution in [-0.2, 0) is 11.3 Å². The fourth-order valence-corrected chi connectivity index (χ4v) is 1.69. The van der Waals surface area contributed by atoms with Crippen molar-refractivity contribution in [2.24, 2.45) is 5.92 Å². The molecule has 20 heavy (non-hydrogen) atoms. The van der Waals surface area contributed by atoms with E-state index in [0.717, 1.165) is 0 Å². The predicted molar refractivity (Wildman–Crippen MR) is 72.7 cm³/mol. The zero-order chi connectivity index (χ0) is 15.1. The van der Waals surface area contributed by atoms with Gasteiger partial charge in [-0.2, -0.15) is 0 Å². The van der Waals surface area contributed by atoms with Crippen molar-refractivity contribution in [1.82, 2.24) is 10.6 Å². The molecule has 2 atom stereocenters. The number of nitrogens with one attached hydrogen (secondary N) is 2. The second-order valence-corrected chi connectivity index (χ2v) is 4.62. The summed E-state index contributed by atoms with van der Waals surface area (Å²) in [5.41, 5.74) is 0.345. The molecular formula is C14H19FN2O3. The summed E-state index contributed by atoms with van der Waals surface area (Å²) < 4.78 is 13.3. The Balaban J connectivity index is 2.55. The molecule has 0 spiro atoms. The fraction of sp³-hybridized carbons (Fsp3) is 0.429. The van der Waals surface area contributed by atoms with Crippen LogP contribution in [0.3, 0.4) is 0 Å². The summed E-state index contributed by atoms with van der Waals surface area (Å²) in [5, 5.41) is 13.9. The standard InChI is InChI=1S/C14H19FN2O3/c1-3-9(2)12(13(18)19)17-14(20)16-8-10-6-4-5-7-11(10)15/h4-7,9,12H,3,8H2,1-2H3,(H,18,19)(H2,16,17,20). The number of carboxylic acid groups (broad SMARTS) is 1. The van der Waals surface area contributed by atoms with Crippen LogP contribution in [0.2, 0.25) is 0 Å². The van der Waals surface area contributed by atoms with Crippen molar-refractivity contribution in [1.29, 1.82) is 0 Å². The monoisotopic (exact) mass is 282 g/mol. The topological polar surface area (TPSA) is 78.4 Å². The summed E-state index contributed by atoms with van der Waals surface area (Å²) >= 11 is 0.